The first kappa shape index (κ1) is 23.8. The molecule has 0 spiro atoms. The normalized spacial score (nSPS) is 34.2. The van der Waals surface area contributed by atoms with E-state index >= 15 is 0 Å². The van der Waals surface area contributed by atoms with Gasteiger partial charge in [0.1, 0.15) is 13.0 Å². The molecule has 4 unspecified atom stereocenters. The molecule has 4 atom stereocenters. The molecule has 3 aliphatic heterocycles. The Balaban J connectivity index is 1.42. The molecule has 4 aliphatic rings. The predicted octanol–water partition coefficient (Wildman–Crippen LogP) is 0.925. The van der Waals surface area contributed by atoms with Crippen molar-refractivity contribution in [2.45, 2.75) is 63.0 Å². The van der Waals surface area contributed by atoms with Crippen LogP contribution < -0.4 is 16.0 Å². The minimum absolute atomic E-state index is 0.0536. The van der Waals surface area contributed by atoms with Crippen molar-refractivity contribution in [3.8, 4) is 6.07 Å². The monoisotopic (exact) mass is 470 g/mol. The fraction of sp³-hybridized carbons (Fsp3) is 0.810. The largest absolute Gasteiger partial charge is 0.406 e. The van der Waals surface area contributed by atoms with E-state index < -0.39 is 25.0 Å². The third kappa shape index (κ3) is 5.09. The number of amides is 4. The second-order valence-electron chi connectivity index (χ2n) is 9.49. The second-order valence-corrected chi connectivity index (χ2v) is 9.49. The molecule has 1 saturated carbocycles. The van der Waals surface area contributed by atoms with Crippen LogP contribution in [-0.2, 0) is 9.59 Å². The molecular formula is C21H29F3N6O3. The number of imide groups is 1. The topological polar surface area (TPSA) is 118 Å². The van der Waals surface area contributed by atoms with Crippen LogP contribution >= 0.6 is 0 Å². The number of nitriles is 1. The Morgan fingerprint density at radius 3 is 2.55 bits per heavy atom. The van der Waals surface area contributed by atoms with Gasteiger partial charge in [0, 0.05) is 25.0 Å². The molecule has 3 heterocycles. The molecule has 0 aromatic rings. The van der Waals surface area contributed by atoms with Gasteiger partial charge in [-0.05, 0) is 44.6 Å². The van der Waals surface area contributed by atoms with Gasteiger partial charge in [0.05, 0.1) is 24.2 Å². The summed E-state index contributed by atoms with van der Waals surface area (Å²) in [6, 6.07) is 0.932. The molecule has 0 aromatic heterocycles. The average molecular weight is 470 g/mol. The van der Waals surface area contributed by atoms with Gasteiger partial charge in [-0.1, -0.05) is 0 Å². The quantitative estimate of drug-likeness (QED) is 0.550. The molecule has 4 rings (SSSR count). The summed E-state index contributed by atoms with van der Waals surface area (Å²) in [5.41, 5.74) is 0. The highest BCUT2D eigenvalue weighted by Crippen LogP contribution is 2.38. The first-order valence-corrected chi connectivity index (χ1v) is 11.5. The molecule has 9 nitrogen and oxygen atoms in total. The highest BCUT2D eigenvalue weighted by Gasteiger charge is 2.53. The van der Waals surface area contributed by atoms with E-state index in [-0.39, 0.29) is 54.5 Å². The first-order valence-electron chi connectivity index (χ1n) is 11.5. The van der Waals surface area contributed by atoms with Crippen molar-refractivity contribution < 1.29 is 27.6 Å². The molecule has 3 N–H and O–H groups in total. The van der Waals surface area contributed by atoms with E-state index in [0.717, 1.165) is 17.9 Å². The van der Waals surface area contributed by atoms with Crippen LogP contribution in [0.3, 0.4) is 0 Å². The zero-order valence-electron chi connectivity index (χ0n) is 18.2. The minimum Gasteiger partial charge on any atom is -0.332 e. The van der Waals surface area contributed by atoms with Crippen LogP contribution in [-0.4, -0.2) is 78.3 Å². The third-order valence-electron chi connectivity index (χ3n) is 7.44. The van der Waals surface area contributed by atoms with Crippen LogP contribution in [0.5, 0.6) is 0 Å². The number of nitrogens with one attached hydrogen (secondary N) is 3. The molecule has 3 saturated heterocycles. The molecule has 0 aromatic carbocycles. The lowest BCUT2D eigenvalue weighted by Gasteiger charge is -2.52. The van der Waals surface area contributed by atoms with E-state index in [1.54, 1.807) is 6.07 Å². The van der Waals surface area contributed by atoms with Gasteiger partial charge in [0.25, 0.3) is 0 Å². The lowest BCUT2D eigenvalue weighted by atomic mass is 9.77. The number of carbonyl (C=O) groups is 3. The number of fused-ring (bicyclic) bond motifs is 3. The Morgan fingerprint density at radius 2 is 1.88 bits per heavy atom. The van der Waals surface area contributed by atoms with Crippen molar-refractivity contribution >= 4 is 17.8 Å². The standard InChI is InChI=1S/C21H29F3N6O3/c22-21(23,24)11-29(16(31)5-7-25)10-12-1-3-13(4-2-12)30-17-14-6-8-26-18(14)27-9-15(17)19(32)28-20(30)33/h12-15,17-18,26-27H,1-6,8-11H2,(H,28,32,33). The maximum absolute atomic E-state index is 12.9. The summed E-state index contributed by atoms with van der Waals surface area (Å²) in [6.07, 6.45) is -1.86. The fourth-order valence-electron chi connectivity index (χ4n) is 6.01. The van der Waals surface area contributed by atoms with E-state index in [4.69, 9.17) is 5.26 Å². The van der Waals surface area contributed by atoms with Crippen molar-refractivity contribution in [3.05, 3.63) is 0 Å². The van der Waals surface area contributed by atoms with Crippen molar-refractivity contribution in [1.82, 2.24) is 25.8 Å². The number of nitrogens with zero attached hydrogens (tertiary/aromatic N) is 3. The molecule has 33 heavy (non-hydrogen) atoms. The Morgan fingerprint density at radius 1 is 1.15 bits per heavy atom. The van der Waals surface area contributed by atoms with Gasteiger partial charge in [-0.3, -0.25) is 14.9 Å². The first-order chi connectivity index (χ1) is 15.7. The van der Waals surface area contributed by atoms with Gasteiger partial charge >= 0.3 is 12.2 Å². The zero-order valence-corrected chi connectivity index (χ0v) is 18.2. The molecular weight excluding hydrogens is 441 g/mol. The van der Waals surface area contributed by atoms with Gasteiger partial charge in [0.2, 0.25) is 11.8 Å². The summed E-state index contributed by atoms with van der Waals surface area (Å²) in [5, 5.41) is 17.9. The number of hydrogen-bond acceptors (Lipinski definition) is 6. The minimum atomic E-state index is -4.53. The predicted molar refractivity (Wildman–Crippen MR) is 109 cm³/mol. The van der Waals surface area contributed by atoms with Gasteiger partial charge in [-0.15, -0.1) is 0 Å². The Kier molecular flexibility index (Phi) is 6.81. The van der Waals surface area contributed by atoms with Crippen molar-refractivity contribution in [2.75, 3.05) is 26.2 Å². The van der Waals surface area contributed by atoms with E-state index in [0.29, 0.717) is 32.2 Å². The lowest BCUT2D eigenvalue weighted by Crippen LogP contribution is -2.71. The highest BCUT2D eigenvalue weighted by molar-refractivity contribution is 5.99. The molecule has 12 heteroatoms. The number of urea groups is 1. The molecule has 1 aliphatic carbocycles. The Hall–Kier alpha value is -2.39. The number of piperidine rings is 1. The van der Waals surface area contributed by atoms with Crippen LogP contribution in [0.2, 0.25) is 0 Å². The second kappa shape index (κ2) is 9.46. The summed E-state index contributed by atoms with van der Waals surface area (Å²) >= 11 is 0. The number of halogens is 3. The summed E-state index contributed by atoms with van der Waals surface area (Å²) in [6.45, 7) is -0.121. The fourth-order valence-corrected chi connectivity index (χ4v) is 6.01. The maximum atomic E-state index is 12.9. The number of alkyl halides is 3. The Labute approximate surface area is 190 Å². The van der Waals surface area contributed by atoms with E-state index in [2.05, 4.69) is 16.0 Å². The summed E-state index contributed by atoms with van der Waals surface area (Å²) < 4.78 is 38.8. The van der Waals surface area contributed by atoms with E-state index in [9.17, 15) is 27.6 Å². The van der Waals surface area contributed by atoms with Gasteiger partial charge in [0.15, 0.2) is 0 Å². The maximum Gasteiger partial charge on any atom is 0.406 e. The number of rotatable bonds is 5. The number of carbonyl (C=O) groups excluding carboxylic acids is 3. The van der Waals surface area contributed by atoms with Crippen LogP contribution in [0.25, 0.3) is 0 Å². The van der Waals surface area contributed by atoms with Crippen LogP contribution in [0, 0.1) is 29.1 Å². The molecule has 0 bridgehead atoms. The van der Waals surface area contributed by atoms with Gasteiger partial charge in [-0.2, -0.15) is 18.4 Å². The summed E-state index contributed by atoms with van der Waals surface area (Å²) in [7, 11) is 0. The van der Waals surface area contributed by atoms with Crippen LogP contribution in [0.4, 0.5) is 18.0 Å². The van der Waals surface area contributed by atoms with Crippen molar-refractivity contribution in [2.24, 2.45) is 17.8 Å². The molecule has 0 radical (unpaired) electrons. The van der Waals surface area contributed by atoms with Crippen LogP contribution in [0.1, 0.15) is 38.5 Å². The van der Waals surface area contributed by atoms with Crippen molar-refractivity contribution in [3.63, 3.8) is 0 Å². The molecule has 4 amide bonds. The zero-order chi connectivity index (χ0) is 23.8. The highest BCUT2D eigenvalue weighted by atomic mass is 19.4. The third-order valence-corrected chi connectivity index (χ3v) is 7.44. The summed E-state index contributed by atoms with van der Waals surface area (Å²) in [5.74, 6) is -1.41. The van der Waals surface area contributed by atoms with Gasteiger partial charge < -0.3 is 20.4 Å². The van der Waals surface area contributed by atoms with Crippen molar-refractivity contribution in [1.29, 1.82) is 5.26 Å². The van der Waals surface area contributed by atoms with E-state index in [1.807, 2.05) is 4.90 Å². The molecule has 4 fully saturated rings. The summed E-state index contributed by atoms with van der Waals surface area (Å²) in [4.78, 5) is 40.0. The van der Waals surface area contributed by atoms with E-state index in [1.165, 1.54) is 0 Å². The molecule has 182 valence electrons. The van der Waals surface area contributed by atoms with Crippen LogP contribution in [0.15, 0.2) is 0 Å². The smallest absolute Gasteiger partial charge is 0.332 e. The Bertz CT molecular complexity index is 823. The number of hydrogen-bond donors (Lipinski definition) is 3. The van der Waals surface area contributed by atoms with Gasteiger partial charge in [-0.25, -0.2) is 4.79 Å². The average Bonchev–Trinajstić information content (AvgIpc) is 3.23. The SMILES string of the molecule is N#CCC(=O)N(CC1CCC(N2C(=O)NC(=O)C3CNC4NCCC4C32)CC1)CC(F)(F)F. The lowest BCUT2D eigenvalue weighted by molar-refractivity contribution is -0.162.